The summed E-state index contributed by atoms with van der Waals surface area (Å²) in [7, 11) is 0. The fraction of sp³-hybridized carbons (Fsp3) is 0.286. The van der Waals surface area contributed by atoms with Gasteiger partial charge in [0.05, 0.1) is 11.4 Å². The molecule has 0 unspecified atom stereocenters. The van der Waals surface area contributed by atoms with Gasteiger partial charge in [-0.2, -0.15) is 4.98 Å². The first-order valence-electron chi connectivity index (χ1n) is 3.65. The summed E-state index contributed by atoms with van der Waals surface area (Å²) in [6, 6.07) is 0. The smallest absolute Gasteiger partial charge is 0.344 e. The Morgan fingerprint density at radius 1 is 1.69 bits per heavy atom. The van der Waals surface area contributed by atoms with Crippen LogP contribution in [0, 0.1) is 0 Å². The van der Waals surface area contributed by atoms with Gasteiger partial charge in [-0.1, -0.05) is 0 Å². The average molecular weight is 198 g/mol. The fourth-order valence-electron chi connectivity index (χ4n) is 1.21. The van der Waals surface area contributed by atoms with Gasteiger partial charge in [0, 0.05) is 12.3 Å². The van der Waals surface area contributed by atoms with Gasteiger partial charge in [0.15, 0.2) is 5.56 Å². The van der Waals surface area contributed by atoms with Gasteiger partial charge in [0.2, 0.25) is 0 Å². The monoisotopic (exact) mass is 198 g/mol. The lowest BCUT2D eigenvalue weighted by molar-refractivity contribution is 0.0689. The van der Waals surface area contributed by atoms with E-state index in [1.54, 1.807) is 4.57 Å². The van der Waals surface area contributed by atoms with Crippen LogP contribution in [-0.2, 0) is 6.54 Å². The summed E-state index contributed by atoms with van der Waals surface area (Å²) in [6.45, 7) is 0.716. The molecule has 0 amide bonds. The van der Waals surface area contributed by atoms with Crippen molar-refractivity contribution < 1.29 is 9.90 Å². The Morgan fingerprint density at radius 3 is 3.15 bits per heavy atom. The molecule has 13 heavy (non-hydrogen) atoms. The van der Waals surface area contributed by atoms with E-state index in [0.29, 0.717) is 11.6 Å². The molecular weight excluding hydrogens is 192 g/mol. The Labute approximate surface area is 77.4 Å². The van der Waals surface area contributed by atoms with Crippen molar-refractivity contribution >= 4 is 17.7 Å². The van der Waals surface area contributed by atoms with Crippen molar-refractivity contribution in [2.45, 2.75) is 11.6 Å². The van der Waals surface area contributed by atoms with Crippen LogP contribution < -0.4 is 5.56 Å². The number of hydrogen-bond acceptors (Lipinski definition) is 4. The summed E-state index contributed by atoms with van der Waals surface area (Å²) in [5.41, 5.74) is -0.863. The summed E-state index contributed by atoms with van der Waals surface area (Å²) in [5, 5.41) is 9.28. The largest absolute Gasteiger partial charge is 0.477 e. The first-order valence-corrected chi connectivity index (χ1v) is 4.64. The molecule has 0 spiro atoms. The Bertz CT molecular complexity index is 426. The van der Waals surface area contributed by atoms with E-state index in [2.05, 4.69) is 4.98 Å². The number of carboxylic acids is 1. The molecule has 0 aliphatic carbocycles. The summed E-state index contributed by atoms with van der Waals surface area (Å²) in [6.07, 6.45) is 1.39. The van der Waals surface area contributed by atoms with Gasteiger partial charge in [-0.3, -0.25) is 4.79 Å². The molecule has 1 aliphatic heterocycles. The Morgan fingerprint density at radius 2 is 2.46 bits per heavy atom. The number of rotatable bonds is 1. The van der Waals surface area contributed by atoms with Gasteiger partial charge in [-0.25, -0.2) is 4.79 Å². The highest BCUT2D eigenvalue weighted by atomic mass is 32.2. The van der Waals surface area contributed by atoms with Crippen molar-refractivity contribution in [3.63, 3.8) is 0 Å². The zero-order valence-electron chi connectivity index (χ0n) is 6.56. The van der Waals surface area contributed by atoms with Crippen molar-refractivity contribution in [2.75, 3.05) is 5.75 Å². The van der Waals surface area contributed by atoms with Crippen LogP contribution in [0.4, 0.5) is 0 Å². The molecule has 6 heteroatoms. The SMILES string of the molecule is O=C(O)c1c2n(cnc1=O)CCS2. The number of aryl methyl sites for hydroxylation is 1. The van der Waals surface area contributed by atoms with Crippen LogP contribution in [0.3, 0.4) is 0 Å². The molecule has 0 atom stereocenters. The van der Waals surface area contributed by atoms with Gasteiger partial charge in [0.25, 0.3) is 5.56 Å². The molecule has 0 saturated carbocycles. The van der Waals surface area contributed by atoms with Crippen LogP contribution in [0.2, 0.25) is 0 Å². The molecule has 5 nitrogen and oxygen atoms in total. The minimum atomic E-state index is -1.20. The highest BCUT2D eigenvalue weighted by Gasteiger charge is 2.22. The van der Waals surface area contributed by atoms with E-state index in [1.165, 1.54) is 18.1 Å². The molecule has 1 aliphatic rings. The predicted octanol–water partition coefficient (Wildman–Crippen LogP) is 0.0472. The molecule has 1 aromatic heterocycles. The maximum atomic E-state index is 11.1. The van der Waals surface area contributed by atoms with Crippen LogP contribution in [0.1, 0.15) is 10.4 Å². The molecule has 0 fully saturated rings. The van der Waals surface area contributed by atoms with Gasteiger partial charge in [0.1, 0.15) is 0 Å². The summed E-state index contributed by atoms with van der Waals surface area (Å²) >= 11 is 1.38. The molecule has 0 radical (unpaired) electrons. The quantitative estimate of drug-likeness (QED) is 0.645. The topological polar surface area (TPSA) is 72.2 Å². The number of carbonyl (C=O) groups is 1. The normalized spacial score (nSPS) is 14.2. The zero-order chi connectivity index (χ0) is 9.42. The molecule has 2 heterocycles. The maximum absolute atomic E-state index is 11.1. The van der Waals surface area contributed by atoms with E-state index in [0.717, 1.165) is 5.75 Å². The van der Waals surface area contributed by atoms with Crippen LogP contribution in [0.5, 0.6) is 0 Å². The molecule has 2 rings (SSSR count). The number of aromatic nitrogens is 2. The van der Waals surface area contributed by atoms with E-state index < -0.39 is 11.5 Å². The second-order valence-electron chi connectivity index (χ2n) is 2.58. The van der Waals surface area contributed by atoms with E-state index in [-0.39, 0.29) is 5.56 Å². The number of thioether (sulfide) groups is 1. The lowest BCUT2D eigenvalue weighted by atomic mass is 10.3. The number of fused-ring (bicyclic) bond motifs is 1. The molecule has 0 saturated heterocycles. The van der Waals surface area contributed by atoms with Crippen molar-refractivity contribution in [3.8, 4) is 0 Å². The van der Waals surface area contributed by atoms with Crippen LogP contribution in [0.25, 0.3) is 0 Å². The Hall–Kier alpha value is -1.30. The second-order valence-corrected chi connectivity index (χ2v) is 3.66. The molecule has 68 valence electrons. The summed E-state index contributed by atoms with van der Waals surface area (Å²) < 4.78 is 1.69. The maximum Gasteiger partial charge on any atom is 0.344 e. The van der Waals surface area contributed by atoms with Crippen LogP contribution in [0.15, 0.2) is 16.1 Å². The van der Waals surface area contributed by atoms with Crippen molar-refractivity contribution in [1.29, 1.82) is 0 Å². The van der Waals surface area contributed by atoms with Crippen LogP contribution in [-0.4, -0.2) is 26.4 Å². The first kappa shape index (κ1) is 8.31. The molecule has 1 N–H and O–H groups in total. The number of carboxylic acid groups (broad SMARTS) is 1. The van der Waals surface area contributed by atoms with E-state index in [1.807, 2.05) is 0 Å². The highest BCUT2D eigenvalue weighted by molar-refractivity contribution is 7.99. The predicted molar refractivity (Wildman–Crippen MR) is 46.2 cm³/mol. The molecular formula is C7H6N2O3S. The van der Waals surface area contributed by atoms with Crippen molar-refractivity contribution in [3.05, 3.63) is 22.2 Å². The lowest BCUT2D eigenvalue weighted by Crippen LogP contribution is -2.21. The Kier molecular flexibility index (Phi) is 1.84. The van der Waals surface area contributed by atoms with Gasteiger partial charge in [-0.15, -0.1) is 11.8 Å². The van der Waals surface area contributed by atoms with Gasteiger partial charge < -0.3 is 9.67 Å². The average Bonchev–Trinajstić information content (AvgIpc) is 2.50. The molecule has 0 aromatic carbocycles. The molecule has 0 bridgehead atoms. The lowest BCUT2D eigenvalue weighted by Gasteiger charge is -2.02. The van der Waals surface area contributed by atoms with Crippen LogP contribution >= 0.6 is 11.8 Å². The second kappa shape index (κ2) is 2.88. The summed E-state index contributed by atoms with van der Waals surface area (Å²) in [5.74, 6) is -0.401. The number of nitrogens with zero attached hydrogens (tertiary/aromatic N) is 2. The molecule has 1 aromatic rings. The minimum absolute atomic E-state index is 0.204. The highest BCUT2D eigenvalue weighted by Crippen LogP contribution is 2.26. The third-order valence-electron chi connectivity index (χ3n) is 1.79. The zero-order valence-corrected chi connectivity index (χ0v) is 7.37. The van der Waals surface area contributed by atoms with Crippen molar-refractivity contribution in [2.24, 2.45) is 0 Å². The summed E-state index contributed by atoms with van der Waals surface area (Å²) in [4.78, 5) is 25.3. The fourth-order valence-corrected chi connectivity index (χ4v) is 2.32. The van der Waals surface area contributed by atoms with E-state index in [9.17, 15) is 9.59 Å². The standard InChI is InChI=1S/C7H6N2O3S/c10-5-4(7(11)12)6-9(3-8-5)1-2-13-6/h3H,1-2H2,(H,11,12). The van der Waals surface area contributed by atoms with Gasteiger partial charge >= 0.3 is 5.97 Å². The third kappa shape index (κ3) is 1.23. The number of hydrogen-bond donors (Lipinski definition) is 1. The van der Waals surface area contributed by atoms with E-state index >= 15 is 0 Å². The van der Waals surface area contributed by atoms with Gasteiger partial charge in [-0.05, 0) is 0 Å². The van der Waals surface area contributed by atoms with Crippen molar-refractivity contribution in [1.82, 2.24) is 9.55 Å². The minimum Gasteiger partial charge on any atom is -0.477 e. The van der Waals surface area contributed by atoms with E-state index in [4.69, 9.17) is 5.11 Å². The first-order chi connectivity index (χ1) is 6.20. The number of aromatic carboxylic acids is 1. The Balaban J connectivity index is 2.72. The third-order valence-corrected chi connectivity index (χ3v) is 2.89.